The molecule has 0 heterocycles. The van der Waals surface area contributed by atoms with Crippen molar-refractivity contribution >= 4 is 23.2 Å². The Morgan fingerprint density at radius 3 is 2.50 bits per heavy atom. The van der Waals surface area contributed by atoms with Crippen molar-refractivity contribution in [3.05, 3.63) is 28.8 Å². The van der Waals surface area contributed by atoms with Gasteiger partial charge in [-0.1, -0.05) is 18.5 Å². The van der Waals surface area contributed by atoms with Crippen LogP contribution in [0, 0.1) is 0 Å². The van der Waals surface area contributed by atoms with Crippen molar-refractivity contribution in [2.75, 3.05) is 5.32 Å². The maximum Gasteiger partial charge on any atom is 0.416 e. The predicted octanol–water partition coefficient (Wildman–Crippen LogP) is 3.03. The molecule has 0 saturated carbocycles. The molecule has 0 bridgehead atoms. The monoisotopic (exact) mass is 280 g/mol. The minimum atomic E-state index is -4.45. The molecule has 0 aromatic heterocycles. The second-order valence-electron chi connectivity index (χ2n) is 3.70. The zero-order valence-corrected chi connectivity index (χ0v) is 10.3. The number of alkyl halides is 3. The number of amides is 1. The molecular formula is C11H12ClF3N2O. The minimum Gasteiger partial charge on any atom is -0.372 e. The summed E-state index contributed by atoms with van der Waals surface area (Å²) in [6.07, 6.45) is -4.04. The summed E-state index contributed by atoms with van der Waals surface area (Å²) < 4.78 is 37.2. The molecule has 3 N–H and O–H groups in total. The van der Waals surface area contributed by atoms with Gasteiger partial charge >= 0.3 is 6.18 Å². The van der Waals surface area contributed by atoms with Crippen LogP contribution in [0.3, 0.4) is 0 Å². The molecule has 0 fully saturated rings. The number of carbonyl (C=O) groups is 1. The van der Waals surface area contributed by atoms with Crippen LogP contribution in [0.15, 0.2) is 18.2 Å². The molecule has 3 nitrogen and oxygen atoms in total. The van der Waals surface area contributed by atoms with E-state index in [-0.39, 0.29) is 10.7 Å². The zero-order chi connectivity index (χ0) is 13.9. The largest absolute Gasteiger partial charge is 0.416 e. The van der Waals surface area contributed by atoms with Crippen molar-refractivity contribution in [2.45, 2.75) is 25.6 Å². The van der Waals surface area contributed by atoms with E-state index >= 15 is 0 Å². The fourth-order valence-electron chi connectivity index (χ4n) is 1.37. The number of hydrogen-bond acceptors (Lipinski definition) is 2. The summed E-state index contributed by atoms with van der Waals surface area (Å²) in [5.41, 5.74) is 4.52. The van der Waals surface area contributed by atoms with E-state index < -0.39 is 23.7 Å². The number of nitrogens with two attached hydrogens (primary N) is 1. The molecular weight excluding hydrogens is 269 g/mol. The first-order chi connectivity index (χ1) is 8.25. The highest BCUT2D eigenvalue weighted by atomic mass is 35.5. The van der Waals surface area contributed by atoms with Crippen molar-refractivity contribution in [3.8, 4) is 0 Å². The number of rotatable bonds is 4. The number of halogens is 4. The van der Waals surface area contributed by atoms with Crippen LogP contribution in [0.5, 0.6) is 0 Å². The van der Waals surface area contributed by atoms with Crippen LogP contribution in [0.2, 0.25) is 5.02 Å². The molecule has 100 valence electrons. The molecule has 1 atom stereocenters. The first-order valence-corrected chi connectivity index (χ1v) is 5.56. The lowest BCUT2D eigenvalue weighted by molar-refractivity contribution is -0.137. The van der Waals surface area contributed by atoms with Crippen LogP contribution in [0.25, 0.3) is 0 Å². The van der Waals surface area contributed by atoms with Crippen molar-refractivity contribution in [1.82, 2.24) is 0 Å². The minimum absolute atomic E-state index is 0.107. The van der Waals surface area contributed by atoms with Gasteiger partial charge in [0.25, 0.3) is 0 Å². The summed E-state index contributed by atoms with van der Waals surface area (Å²) >= 11 is 5.73. The molecule has 1 rings (SSSR count). The lowest BCUT2D eigenvalue weighted by Crippen LogP contribution is -2.34. The summed E-state index contributed by atoms with van der Waals surface area (Å²) in [6, 6.07) is 2.20. The van der Waals surface area contributed by atoms with E-state index in [1.54, 1.807) is 6.92 Å². The van der Waals surface area contributed by atoms with Gasteiger partial charge in [-0.15, -0.1) is 0 Å². The van der Waals surface area contributed by atoms with Crippen LogP contribution >= 0.6 is 11.6 Å². The molecule has 0 aliphatic rings. The summed E-state index contributed by atoms with van der Waals surface area (Å²) in [6.45, 7) is 1.72. The number of carbonyl (C=O) groups excluding carboxylic acids is 1. The molecule has 0 saturated heterocycles. The normalized spacial score (nSPS) is 13.2. The van der Waals surface area contributed by atoms with Gasteiger partial charge in [-0.05, 0) is 24.6 Å². The van der Waals surface area contributed by atoms with Crippen molar-refractivity contribution < 1.29 is 18.0 Å². The van der Waals surface area contributed by atoms with Crippen LogP contribution in [-0.4, -0.2) is 11.9 Å². The SMILES string of the molecule is CCC(Nc1ccc(C(F)(F)F)cc1Cl)C(N)=O. The highest BCUT2D eigenvalue weighted by Crippen LogP contribution is 2.33. The smallest absolute Gasteiger partial charge is 0.372 e. The Balaban J connectivity index is 2.96. The van der Waals surface area contributed by atoms with Gasteiger partial charge in [0.2, 0.25) is 5.91 Å². The van der Waals surface area contributed by atoms with E-state index in [4.69, 9.17) is 17.3 Å². The molecule has 18 heavy (non-hydrogen) atoms. The highest BCUT2D eigenvalue weighted by molar-refractivity contribution is 6.33. The number of hydrogen-bond donors (Lipinski definition) is 2. The fraction of sp³-hybridized carbons (Fsp3) is 0.364. The van der Waals surface area contributed by atoms with Gasteiger partial charge in [0.05, 0.1) is 16.3 Å². The van der Waals surface area contributed by atoms with Crippen LogP contribution in [0.4, 0.5) is 18.9 Å². The summed E-state index contributed by atoms with van der Waals surface area (Å²) in [5.74, 6) is -0.589. The van der Waals surface area contributed by atoms with E-state index in [1.807, 2.05) is 0 Å². The third-order valence-electron chi connectivity index (χ3n) is 2.38. The number of anilines is 1. The highest BCUT2D eigenvalue weighted by Gasteiger charge is 2.31. The summed E-state index contributed by atoms with van der Waals surface area (Å²) in [7, 11) is 0. The first kappa shape index (κ1) is 14.6. The van der Waals surface area contributed by atoms with Crippen LogP contribution in [-0.2, 0) is 11.0 Å². The quantitative estimate of drug-likeness (QED) is 0.891. The van der Waals surface area contributed by atoms with E-state index in [9.17, 15) is 18.0 Å². The van der Waals surface area contributed by atoms with Crippen molar-refractivity contribution in [3.63, 3.8) is 0 Å². The Morgan fingerprint density at radius 1 is 1.50 bits per heavy atom. The Hall–Kier alpha value is -1.43. The van der Waals surface area contributed by atoms with Crippen molar-refractivity contribution in [2.24, 2.45) is 5.73 Å². The summed E-state index contributed by atoms with van der Waals surface area (Å²) in [5, 5.41) is 2.59. The second kappa shape index (κ2) is 5.48. The van der Waals surface area contributed by atoms with Gasteiger partial charge in [-0.25, -0.2) is 0 Å². The van der Waals surface area contributed by atoms with Gasteiger partial charge < -0.3 is 11.1 Å². The Labute approximate surface area is 107 Å². The van der Waals surface area contributed by atoms with E-state index in [1.165, 1.54) is 6.07 Å². The first-order valence-electron chi connectivity index (χ1n) is 5.18. The standard InChI is InChI=1S/C11H12ClF3N2O/c1-2-8(10(16)18)17-9-4-3-6(5-7(9)12)11(13,14)15/h3-5,8,17H,2H2,1H3,(H2,16,18). The third-order valence-corrected chi connectivity index (χ3v) is 2.69. The van der Waals surface area contributed by atoms with E-state index in [0.717, 1.165) is 12.1 Å². The molecule has 0 aliphatic carbocycles. The molecule has 0 spiro atoms. The van der Waals surface area contributed by atoms with Crippen molar-refractivity contribution in [1.29, 1.82) is 0 Å². The Bertz CT molecular complexity index is 448. The average molecular weight is 281 g/mol. The van der Waals surface area contributed by atoms with E-state index in [2.05, 4.69) is 5.32 Å². The molecule has 1 aromatic carbocycles. The van der Waals surface area contributed by atoms with Gasteiger partial charge in [0, 0.05) is 0 Å². The average Bonchev–Trinajstić information content (AvgIpc) is 2.25. The molecule has 1 amide bonds. The topological polar surface area (TPSA) is 55.1 Å². The molecule has 0 aliphatic heterocycles. The molecule has 1 aromatic rings. The number of benzene rings is 1. The van der Waals surface area contributed by atoms with Crippen LogP contribution in [0.1, 0.15) is 18.9 Å². The third kappa shape index (κ3) is 3.53. The molecule has 7 heteroatoms. The van der Waals surface area contributed by atoms with Gasteiger partial charge in [0.15, 0.2) is 0 Å². The molecule has 0 radical (unpaired) electrons. The maximum atomic E-state index is 12.4. The zero-order valence-electron chi connectivity index (χ0n) is 9.51. The summed E-state index contributed by atoms with van der Waals surface area (Å²) in [4.78, 5) is 11.0. The Morgan fingerprint density at radius 2 is 2.11 bits per heavy atom. The van der Waals surface area contributed by atoms with Gasteiger partial charge in [-0.2, -0.15) is 13.2 Å². The lowest BCUT2D eigenvalue weighted by atomic mass is 10.1. The lowest BCUT2D eigenvalue weighted by Gasteiger charge is -2.16. The van der Waals surface area contributed by atoms with Gasteiger partial charge in [-0.3, -0.25) is 4.79 Å². The Kier molecular flexibility index (Phi) is 4.45. The maximum absolute atomic E-state index is 12.4. The molecule has 1 unspecified atom stereocenters. The second-order valence-corrected chi connectivity index (χ2v) is 4.11. The number of primary amides is 1. The van der Waals surface area contributed by atoms with Gasteiger partial charge in [0.1, 0.15) is 6.04 Å². The predicted molar refractivity (Wildman–Crippen MR) is 63.4 cm³/mol. The fourth-order valence-corrected chi connectivity index (χ4v) is 1.61. The van der Waals surface area contributed by atoms with Crippen LogP contribution < -0.4 is 11.1 Å². The number of nitrogens with one attached hydrogen (secondary N) is 1. The van der Waals surface area contributed by atoms with E-state index in [0.29, 0.717) is 6.42 Å².